The Hall–Kier alpha value is -1.95. The van der Waals surface area contributed by atoms with Crippen molar-refractivity contribution in [2.24, 2.45) is 5.92 Å². The van der Waals surface area contributed by atoms with Crippen LogP contribution in [0.5, 0.6) is 0 Å². The highest BCUT2D eigenvalue weighted by atomic mass is 16.4. The van der Waals surface area contributed by atoms with E-state index in [2.05, 4.69) is 15.4 Å². The first-order valence-corrected chi connectivity index (χ1v) is 6.53. The lowest BCUT2D eigenvalue weighted by atomic mass is 9.94. The molecule has 2 N–H and O–H groups in total. The third-order valence-corrected chi connectivity index (χ3v) is 3.55. The summed E-state index contributed by atoms with van der Waals surface area (Å²) in [5, 5.41) is 16.8. The summed E-state index contributed by atoms with van der Waals surface area (Å²) in [6, 6.07) is 5.02. The number of fused-ring (bicyclic) bond motifs is 1. The molecule has 1 saturated heterocycles. The lowest BCUT2D eigenvalue weighted by Gasteiger charge is -2.20. The van der Waals surface area contributed by atoms with Gasteiger partial charge in [0.2, 0.25) is 0 Å². The molecule has 0 atom stereocenters. The Kier molecular flexibility index (Phi) is 3.16. The minimum atomic E-state index is -0.982. The number of nitrogens with zero attached hydrogens (tertiary/aromatic N) is 3. The van der Waals surface area contributed by atoms with Crippen molar-refractivity contribution in [2.75, 3.05) is 13.1 Å². The zero-order valence-corrected chi connectivity index (χ0v) is 10.5. The molecule has 0 aromatic carbocycles. The molecule has 3 rings (SSSR count). The van der Waals surface area contributed by atoms with Crippen LogP contribution in [-0.4, -0.2) is 38.8 Å². The fourth-order valence-electron chi connectivity index (χ4n) is 2.54. The maximum absolute atomic E-state index is 11.1. The number of rotatable bonds is 3. The molecular formula is C13H16N4O2. The van der Waals surface area contributed by atoms with Crippen LogP contribution in [0.1, 0.15) is 29.2 Å². The number of carboxylic acid groups (broad SMARTS) is 1. The number of hydrogen-bond donors (Lipinski definition) is 2. The lowest BCUT2D eigenvalue weighted by molar-refractivity contribution is 0.0687. The second-order valence-corrected chi connectivity index (χ2v) is 4.91. The van der Waals surface area contributed by atoms with Crippen LogP contribution >= 0.6 is 0 Å². The third-order valence-electron chi connectivity index (χ3n) is 3.55. The Labute approximate surface area is 110 Å². The average molecular weight is 260 g/mol. The van der Waals surface area contributed by atoms with E-state index in [1.807, 2.05) is 0 Å². The SMILES string of the molecule is O=C(O)c1cccc2nc(CC3CCNCC3)nn12. The monoisotopic (exact) mass is 260 g/mol. The predicted molar refractivity (Wildman–Crippen MR) is 69.2 cm³/mol. The molecular weight excluding hydrogens is 244 g/mol. The lowest BCUT2D eigenvalue weighted by Crippen LogP contribution is -2.28. The van der Waals surface area contributed by atoms with Crippen LogP contribution in [0.2, 0.25) is 0 Å². The van der Waals surface area contributed by atoms with Gasteiger partial charge >= 0.3 is 5.97 Å². The summed E-state index contributed by atoms with van der Waals surface area (Å²) in [4.78, 5) is 15.5. The minimum Gasteiger partial charge on any atom is -0.477 e. The summed E-state index contributed by atoms with van der Waals surface area (Å²) in [5.41, 5.74) is 0.755. The van der Waals surface area contributed by atoms with Crippen molar-refractivity contribution in [1.29, 1.82) is 0 Å². The highest BCUT2D eigenvalue weighted by molar-refractivity contribution is 5.86. The van der Waals surface area contributed by atoms with Crippen molar-refractivity contribution in [1.82, 2.24) is 19.9 Å². The van der Waals surface area contributed by atoms with Crippen molar-refractivity contribution in [3.63, 3.8) is 0 Å². The topological polar surface area (TPSA) is 79.5 Å². The van der Waals surface area contributed by atoms with Gasteiger partial charge < -0.3 is 10.4 Å². The first-order chi connectivity index (χ1) is 9.24. The predicted octanol–water partition coefficient (Wildman–Crippen LogP) is 0.970. The number of nitrogens with one attached hydrogen (secondary N) is 1. The van der Waals surface area contributed by atoms with Crippen molar-refractivity contribution < 1.29 is 9.90 Å². The Morgan fingerprint density at radius 3 is 2.95 bits per heavy atom. The molecule has 1 aliphatic heterocycles. The van der Waals surface area contributed by atoms with Gasteiger partial charge in [-0.1, -0.05) is 6.07 Å². The maximum Gasteiger partial charge on any atom is 0.354 e. The highest BCUT2D eigenvalue weighted by Crippen LogP contribution is 2.17. The van der Waals surface area contributed by atoms with Gasteiger partial charge in [0.25, 0.3) is 0 Å². The van der Waals surface area contributed by atoms with Gasteiger partial charge in [-0.15, -0.1) is 0 Å². The van der Waals surface area contributed by atoms with E-state index in [1.54, 1.807) is 18.2 Å². The molecule has 1 fully saturated rings. The number of pyridine rings is 1. The van der Waals surface area contributed by atoms with Gasteiger partial charge in [0, 0.05) is 6.42 Å². The van der Waals surface area contributed by atoms with Gasteiger partial charge in [0.05, 0.1) is 0 Å². The van der Waals surface area contributed by atoms with Crippen molar-refractivity contribution >= 4 is 11.6 Å². The summed E-state index contributed by atoms with van der Waals surface area (Å²) in [6.45, 7) is 2.08. The van der Waals surface area contributed by atoms with E-state index in [0.29, 0.717) is 11.6 Å². The number of hydrogen-bond acceptors (Lipinski definition) is 4. The average Bonchev–Trinajstić information content (AvgIpc) is 2.81. The molecule has 0 spiro atoms. The van der Waals surface area contributed by atoms with Gasteiger partial charge in [0.1, 0.15) is 0 Å². The summed E-state index contributed by atoms with van der Waals surface area (Å²) in [5.74, 6) is 0.344. The fraction of sp³-hybridized carbons (Fsp3) is 0.462. The molecule has 3 heterocycles. The number of carbonyl (C=O) groups is 1. The Morgan fingerprint density at radius 2 is 2.21 bits per heavy atom. The first kappa shape index (κ1) is 12.1. The van der Waals surface area contributed by atoms with Gasteiger partial charge in [-0.25, -0.2) is 14.3 Å². The molecule has 6 heteroatoms. The van der Waals surface area contributed by atoms with E-state index in [1.165, 1.54) is 4.52 Å². The van der Waals surface area contributed by atoms with E-state index in [4.69, 9.17) is 5.11 Å². The molecule has 0 amide bonds. The largest absolute Gasteiger partial charge is 0.477 e. The molecule has 2 aromatic heterocycles. The van der Waals surface area contributed by atoms with Crippen LogP contribution in [-0.2, 0) is 6.42 Å². The zero-order valence-electron chi connectivity index (χ0n) is 10.5. The summed E-state index contributed by atoms with van der Waals surface area (Å²) >= 11 is 0. The minimum absolute atomic E-state index is 0.154. The summed E-state index contributed by atoms with van der Waals surface area (Å²) in [6.07, 6.45) is 3.07. The molecule has 19 heavy (non-hydrogen) atoms. The van der Waals surface area contributed by atoms with Gasteiger partial charge in [-0.05, 0) is 44.0 Å². The molecule has 0 saturated carbocycles. The van der Waals surface area contributed by atoms with Crippen molar-refractivity contribution in [3.05, 3.63) is 29.7 Å². The molecule has 0 bridgehead atoms. The quantitative estimate of drug-likeness (QED) is 0.859. The maximum atomic E-state index is 11.1. The van der Waals surface area contributed by atoms with Crippen LogP contribution < -0.4 is 5.32 Å². The van der Waals surface area contributed by atoms with Gasteiger partial charge in [-0.3, -0.25) is 0 Å². The molecule has 0 radical (unpaired) electrons. The fourth-order valence-corrected chi connectivity index (χ4v) is 2.54. The highest BCUT2D eigenvalue weighted by Gasteiger charge is 2.17. The van der Waals surface area contributed by atoms with E-state index in [9.17, 15) is 4.79 Å². The van der Waals surface area contributed by atoms with Gasteiger partial charge in [0.15, 0.2) is 17.2 Å². The van der Waals surface area contributed by atoms with E-state index >= 15 is 0 Å². The third kappa shape index (κ3) is 2.44. The summed E-state index contributed by atoms with van der Waals surface area (Å²) < 4.78 is 1.42. The van der Waals surface area contributed by atoms with Crippen LogP contribution in [0.15, 0.2) is 18.2 Å². The standard InChI is InChI=1S/C13H16N4O2/c18-13(19)10-2-1-3-12-15-11(16-17(10)12)8-9-4-6-14-7-5-9/h1-3,9,14H,4-8H2,(H,18,19). The van der Waals surface area contributed by atoms with Crippen molar-refractivity contribution in [3.8, 4) is 0 Å². The van der Waals surface area contributed by atoms with E-state index < -0.39 is 5.97 Å². The molecule has 6 nitrogen and oxygen atoms in total. The molecule has 1 aliphatic rings. The van der Waals surface area contributed by atoms with Gasteiger partial charge in [-0.2, -0.15) is 5.10 Å². The summed E-state index contributed by atoms with van der Waals surface area (Å²) in [7, 11) is 0. The number of carboxylic acids is 1. The van der Waals surface area contributed by atoms with Crippen LogP contribution in [0.25, 0.3) is 5.65 Å². The van der Waals surface area contributed by atoms with Crippen LogP contribution in [0.3, 0.4) is 0 Å². The Balaban J connectivity index is 1.88. The smallest absolute Gasteiger partial charge is 0.354 e. The Bertz CT molecular complexity index is 602. The zero-order chi connectivity index (χ0) is 13.2. The number of aromatic carboxylic acids is 1. The second-order valence-electron chi connectivity index (χ2n) is 4.91. The van der Waals surface area contributed by atoms with Crippen LogP contribution in [0, 0.1) is 5.92 Å². The number of aromatic nitrogens is 3. The van der Waals surface area contributed by atoms with Crippen LogP contribution in [0.4, 0.5) is 0 Å². The van der Waals surface area contributed by atoms with Crippen molar-refractivity contribution in [2.45, 2.75) is 19.3 Å². The molecule has 100 valence electrons. The molecule has 2 aromatic rings. The van der Waals surface area contributed by atoms with E-state index in [0.717, 1.165) is 38.2 Å². The number of piperidine rings is 1. The molecule has 0 unspecified atom stereocenters. The normalized spacial score (nSPS) is 16.8. The second kappa shape index (κ2) is 4.97. The van der Waals surface area contributed by atoms with E-state index in [-0.39, 0.29) is 5.69 Å². The molecule has 0 aliphatic carbocycles. The first-order valence-electron chi connectivity index (χ1n) is 6.53. The Morgan fingerprint density at radius 1 is 1.42 bits per heavy atom.